The molecule has 14 nitrogen and oxygen atoms in total. The molecule has 0 radical (unpaired) electrons. The van der Waals surface area contributed by atoms with E-state index in [-0.39, 0.29) is 200 Å². The molecule has 13 N–H and O–H groups in total. The Hall–Kier alpha value is 6.55. The van der Waals surface area contributed by atoms with Crippen LogP contribution in [0.15, 0.2) is 0 Å². The van der Waals surface area contributed by atoms with E-state index in [4.69, 9.17) is 57.7 Å². The monoisotopic (exact) mass is 540 g/mol. The Bertz CT molecular complexity index is 215. The maximum atomic E-state index is 8.88. The molecule has 0 aliphatic rings. The van der Waals surface area contributed by atoms with E-state index in [1.807, 2.05) is 0 Å². The molecule has 0 saturated heterocycles. The summed E-state index contributed by atoms with van der Waals surface area (Å²) in [5.74, 6) is 0. The van der Waals surface area contributed by atoms with Gasteiger partial charge in [-0.2, -0.15) is 0 Å². The van der Waals surface area contributed by atoms with E-state index in [0.29, 0.717) is 0 Å². The Morgan fingerprint density at radius 2 is 0.364 bits per heavy atom. The van der Waals surface area contributed by atoms with Gasteiger partial charge in [0.05, 0.1) is 0 Å². The van der Waals surface area contributed by atoms with Crippen LogP contribution in [0.1, 0.15) is 0 Å². The minimum absolute atomic E-state index is 0. The fourth-order valence-corrected chi connectivity index (χ4v) is 0. The Morgan fingerprint density at radius 3 is 0.364 bits per heavy atom. The zero-order valence-electron chi connectivity index (χ0n) is 7.59. The third-order valence-corrected chi connectivity index (χ3v) is 0. The molecule has 0 aromatic carbocycles. The maximum absolute atomic E-state index is 8.88. The zero-order chi connectivity index (χ0) is 13.5. The third-order valence-electron chi connectivity index (χ3n) is 0. The van der Waals surface area contributed by atoms with Crippen molar-refractivity contribution in [3.05, 3.63) is 0 Å². The molecule has 0 aliphatic carbocycles. The molecule has 0 aromatic heterocycles. The van der Waals surface area contributed by atoms with E-state index in [1.54, 1.807) is 0 Å². The normalized spacial score (nSPS) is 8.05. The Labute approximate surface area is 274 Å². The van der Waals surface area contributed by atoms with Crippen LogP contribution in [-0.4, -0.2) is 244 Å². The molecule has 0 amide bonds. The number of rotatable bonds is 0. The van der Waals surface area contributed by atoms with E-state index in [2.05, 4.69) is 0 Å². The molecule has 132 valence electrons. The van der Waals surface area contributed by atoms with Gasteiger partial charge in [-0.1, -0.05) is 0 Å². The van der Waals surface area contributed by atoms with Crippen molar-refractivity contribution in [3.8, 4) is 0 Å². The average molecular weight is 540 g/mol. The molecule has 0 rings (SSSR count). The topological polar surface area (TPSA) is 296 Å². The van der Waals surface area contributed by atoms with Gasteiger partial charge in [0.1, 0.15) is 0 Å². The fraction of sp³-hybridized carbons (Fsp3) is 0. The summed E-state index contributed by atoms with van der Waals surface area (Å²) in [5.41, 5.74) is 0. The van der Waals surface area contributed by atoms with Crippen molar-refractivity contribution < 1.29 is 68.7 Å². The van der Waals surface area contributed by atoms with Gasteiger partial charge in [0.2, 0.25) is 0 Å². The Balaban J connectivity index is -0.0000000106. The van der Waals surface area contributed by atoms with Gasteiger partial charge >= 0.3 is 212 Å². The quantitative estimate of drug-likeness (QED) is 0.102. The molecule has 0 saturated carbocycles. The van der Waals surface area contributed by atoms with Crippen LogP contribution in [0.4, 0.5) is 0 Å². The van der Waals surface area contributed by atoms with Gasteiger partial charge in [0.15, 0.2) is 0 Å². The van der Waals surface area contributed by atoms with Crippen molar-refractivity contribution in [2.45, 2.75) is 0 Å². The molecule has 0 heterocycles. The van der Waals surface area contributed by atoms with E-state index in [1.165, 1.54) is 0 Å². The zero-order valence-corrected chi connectivity index (χ0v) is 10.3. The summed E-state index contributed by atoms with van der Waals surface area (Å²) in [6.45, 7) is 0. The fourth-order valence-electron chi connectivity index (χ4n) is 0. The van der Waals surface area contributed by atoms with Crippen LogP contribution in [0, 0.1) is 0 Å². The van der Waals surface area contributed by atoms with Gasteiger partial charge in [-0.15, -0.1) is 0 Å². The molecule has 0 bridgehead atoms. The van der Waals surface area contributed by atoms with Gasteiger partial charge in [-0.3, -0.25) is 0 Å². The van der Waals surface area contributed by atoms with Crippen molar-refractivity contribution in [3.63, 3.8) is 0 Å². The molecule has 0 aromatic rings. The van der Waals surface area contributed by atoms with Crippen LogP contribution in [0.3, 0.4) is 0 Å². The van der Waals surface area contributed by atoms with Crippen LogP contribution in [0.2, 0.25) is 0 Å². The second-order valence-electron chi connectivity index (χ2n) is 1.54. The molecule has 22 heavy (non-hydrogen) atoms. The molecule has 0 fully saturated rings. The molecular formula is H23Ca5O14P3. The summed E-state index contributed by atoms with van der Waals surface area (Å²) < 4.78 is 26.6. The molecule has 0 atom stereocenters. The first kappa shape index (κ1) is 63.0. The summed E-state index contributed by atoms with van der Waals surface area (Å²) in [6, 6.07) is 0. The first-order valence-electron chi connectivity index (χ1n) is 2.35. The van der Waals surface area contributed by atoms with Crippen molar-refractivity contribution in [1.29, 1.82) is 0 Å². The van der Waals surface area contributed by atoms with Crippen LogP contribution in [-0.2, 0) is 13.7 Å². The average Bonchev–Trinajstić information content (AvgIpc) is 1.41. The van der Waals surface area contributed by atoms with Gasteiger partial charge in [-0.25, -0.2) is 13.7 Å². The van der Waals surface area contributed by atoms with Crippen LogP contribution in [0.5, 0.6) is 0 Å². The molecule has 0 unspecified atom stereocenters. The number of hydrogen-bond donors (Lipinski definition) is 9. The van der Waals surface area contributed by atoms with Gasteiger partial charge in [0, 0.05) is 0 Å². The molecule has 22 heteroatoms. The standard InChI is InChI=1S/5Ca.3H3O4P.2H2O.10H/c;;;;;3*1-5(2,3)4;;;;;;;;;;;;/h;;;;;3*(H3,1,2,3,4);2*1H2;;;;;;;;;;. The van der Waals surface area contributed by atoms with Crippen molar-refractivity contribution >= 4 is 212 Å². The Kier molecular flexibility index (Phi) is 92.2. The van der Waals surface area contributed by atoms with Gasteiger partial charge in [0.25, 0.3) is 0 Å². The molecule has 0 spiro atoms. The summed E-state index contributed by atoms with van der Waals surface area (Å²) in [7, 11) is -13.9. The molecule has 0 aliphatic heterocycles. The van der Waals surface area contributed by atoms with Crippen LogP contribution in [0.25, 0.3) is 0 Å². The van der Waals surface area contributed by atoms with Gasteiger partial charge < -0.3 is 55.0 Å². The first-order valence-corrected chi connectivity index (χ1v) is 7.04. The van der Waals surface area contributed by atoms with Crippen molar-refractivity contribution in [2.75, 3.05) is 0 Å². The summed E-state index contributed by atoms with van der Waals surface area (Å²) in [4.78, 5) is 64.7. The van der Waals surface area contributed by atoms with Crippen molar-refractivity contribution in [2.24, 2.45) is 0 Å². The second-order valence-corrected chi connectivity index (χ2v) is 4.62. The van der Waals surface area contributed by atoms with Crippen molar-refractivity contribution in [1.82, 2.24) is 0 Å². The van der Waals surface area contributed by atoms with Gasteiger partial charge in [-0.05, 0) is 0 Å². The van der Waals surface area contributed by atoms with Crippen LogP contribution >= 0.6 is 23.5 Å². The number of phosphoric acid groups is 3. The predicted octanol–water partition coefficient (Wildman–Crippen LogP) is -9.02. The molecular weight excluding hydrogens is 517 g/mol. The van der Waals surface area contributed by atoms with Crippen LogP contribution < -0.4 is 0 Å². The van der Waals surface area contributed by atoms with E-state index in [0.717, 1.165) is 0 Å². The summed E-state index contributed by atoms with van der Waals surface area (Å²) in [6.07, 6.45) is 0. The van der Waals surface area contributed by atoms with E-state index in [9.17, 15) is 0 Å². The third kappa shape index (κ3) is 404. The number of hydrogen-bond acceptors (Lipinski definition) is 3. The SMILES string of the molecule is O.O.O=P(O)(O)O.O=P(O)(O)O.O=P(O)(O)O.[CaH2].[CaH2].[CaH2].[CaH2].[CaH2]. The second kappa shape index (κ2) is 32.2. The first-order chi connectivity index (χ1) is 6.00. The predicted molar refractivity (Wildman–Crippen MR) is 92.7 cm³/mol. The summed E-state index contributed by atoms with van der Waals surface area (Å²) in [5, 5.41) is 0. The van der Waals surface area contributed by atoms with E-state index >= 15 is 0 Å². The summed E-state index contributed by atoms with van der Waals surface area (Å²) >= 11 is 0. The Morgan fingerprint density at radius 1 is 0.364 bits per heavy atom. The minimum atomic E-state index is -4.64. The van der Waals surface area contributed by atoms with E-state index < -0.39 is 23.5 Å².